The van der Waals surface area contributed by atoms with E-state index in [1.54, 1.807) is 0 Å². The van der Waals surface area contributed by atoms with Crippen molar-refractivity contribution in [1.29, 1.82) is 0 Å². The monoisotopic (exact) mass is 337 g/mol. The quantitative estimate of drug-likeness (QED) is 0.865. The van der Waals surface area contributed by atoms with Crippen molar-refractivity contribution in [3.8, 4) is 0 Å². The number of halogens is 4. The molecule has 0 amide bonds. The molecular formula is C10H7BrClF2N3O. The Morgan fingerprint density at radius 2 is 1.94 bits per heavy atom. The van der Waals surface area contributed by atoms with Crippen LogP contribution in [0.1, 0.15) is 5.89 Å². The predicted molar refractivity (Wildman–Crippen MR) is 66.1 cm³/mol. The maximum Gasteiger partial charge on any atom is 0.320 e. The predicted octanol–water partition coefficient (Wildman–Crippen LogP) is 3.64. The molecule has 1 aromatic carbocycles. The van der Waals surface area contributed by atoms with Crippen LogP contribution in [0.4, 0.5) is 20.5 Å². The van der Waals surface area contributed by atoms with Gasteiger partial charge in [-0.2, -0.15) is 0 Å². The van der Waals surface area contributed by atoms with Crippen molar-refractivity contribution >= 4 is 39.2 Å². The molecule has 0 aliphatic carbocycles. The summed E-state index contributed by atoms with van der Waals surface area (Å²) in [5, 5.41) is 9.66. The number of aryl methyl sites for hydroxylation is 1. The first-order valence-electron chi connectivity index (χ1n) is 4.90. The molecule has 4 nitrogen and oxygen atoms in total. The summed E-state index contributed by atoms with van der Waals surface area (Å²) >= 11 is 8.48. The van der Waals surface area contributed by atoms with Gasteiger partial charge in [0, 0.05) is 16.8 Å². The Kier molecular flexibility index (Phi) is 4.13. The summed E-state index contributed by atoms with van der Waals surface area (Å²) in [6.45, 7) is 0. The second kappa shape index (κ2) is 5.62. The summed E-state index contributed by atoms with van der Waals surface area (Å²) in [6, 6.07) is 2.17. The standard InChI is InChI=1S/C10H7BrClF2N3O/c11-5-3-6(13)9(7(14)4-5)15-10-17-16-8(18-10)1-2-12/h3-4H,1-2H2,(H,15,17). The van der Waals surface area contributed by atoms with Crippen molar-refractivity contribution in [3.63, 3.8) is 0 Å². The second-order valence-corrected chi connectivity index (χ2v) is 4.60. The molecular weight excluding hydrogens is 331 g/mol. The van der Waals surface area contributed by atoms with Crippen LogP contribution in [0.2, 0.25) is 0 Å². The van der Waals surface area contributed by atoms with E-state index in [1.807, 2.05) is 0 Å². The molecule has 0 aliphatic heterocycles. The van der Waals surface area contributed by atoms with Crippen LogP contribution < -0.4 is 5.32 Å². The Hall–Kier alpha value is -1.21. The molecule has 2 rings (SSSR count). The molecule has 96 valence electrons. The smallest absolute Gasteiger partial charge is 0.320 e. The van der Waals surface area contributed by atoms with Crippen LogP contribution >= 0.6 is 27.5 Å². The van der Waals surface area contributed by atoms with Gasteiger partial charge in [0.25, 0.3) is 0 Å². The van der Waals surface area contributed by atoms with Crippen LogP contribution in [0.5, 0.6) is 0 Å². The van der Waals surface area contributed by atoms with E-state index in [1.165, 1.54) is 0 Å². The fraction of sp³-hybridized carbons (Fsp3) is 0.200. The molecule has 2 aromatic rings. The lowest BCUT2D eigenvalue weighted by Crippen LogP contribution is -1.98. The van der Waals surface area contributed by atoms with E-state index >= 15 is 0 Å². The Morgan fingerprint density at radius 3 is 2.56 bits per heavy atom. The van der Waals surface area contributed by atoms with Gasteiger partial charge in [-0.25, -0.2) is 8.78 Å². The van der Waals surface area contributed by atoms with Crippen LogP contribution in [-0.2, 0) is 6.42 Å². The lowest BCUT2D eigenvalue weighted by molar-refractivity contribution is 0.513. The van der Waals surface area contributed by atoms with Gasteiger partial charge in [-0.15, -0.1) is 16.7 Å². The number of aromatic nitrogens is 2. The van der Waals surface area contributed by atoms with Crippen molar-refractivity contribution < 1.29 is 13.2 Å². The number of rotatable bonds is 4. The summed E-state index contributed by atoms with van der Waals surface area (Å²) in [6.07, 6.45) is 0.390. The van der Waals surface area contributed by atoms with Gasteiger partial charge in [0.15, 0.2) is 11.6 Å². The zero-order chi connectivity index (χ0) is 13.1. The minimum atomic E-state index is -0.765. The van der Waals surface area contributed by atoms with E-state index < -0.39 is 11.6 Å². The van der Waals surface area contributed by atoms with Gasteiger partial charge in [-0.05, 0) is 12.1 Å². The van der Waals surface area contributed by atoms with Crippen LogP contribution in [0.25, 0.3) is 0 Å². The Labute approximate surface area is 114 Å². The van der Waals surface area contributed by atoms with E-state index in [9.17, 15) is 8.78 Å². The van der Waals surface area contributed by atoms with Crippen LogP contribution in [0, 0.1) is 11.6 Å². The molecule has 0 atom stereocenters. The fourth-order valence-corrected chi connectivity index (χ4v) is 1.82. The highest BCUT2D eigenvalue weighted by molar-refractivity contribution is 9.10. The number of alkyl halides is 1. The van der Waals surface area contributed by atoms with E-state index in [2.05, 4.69) is 31.4 Å². The lowest BCUT2D eigenvalue weighted by Gasteiger charge is -2.04. The average Bonchev–Trinajstić information content (AvgIpc) is 2.72. The molecule has 0 aliphatic rings. The third kappa shape index (κ3) is 2.97. The molecule has 1 aromatic heterocycles. The van der Waals surface area contributed by atoms with E-state index in [4.69, 9.17) is 16.0 Å². The van der Waals surface area contributed by atoms with Crippen molar-refractivity contribution in [2.24, 2.45) is 0 Å². The topological polar surface area (TPSA) is 51.0 Å². The minimum absolute atomic E-state index is 0.0877. The Bertz CT molecular complexity index is 541. The SMILES string of the molecule is Fc1cc(Br)cc(F)c1Nc1nnc(CCCl)o1. The molecule has 0 radical (unpaired) electrons. The third-order valence-corrected chi connectivity index (χ3v) is 2.66. The lowest BCUT2D eigenvalue weighted by atomic mass is 10.3. The second-order valence-electron chi connectivity index (χ2n) is 3.31. The number of hydrogen-bond acceptors (Lipinski definition) is 4. The summed E-state index contributed by atoms with van der Waals surface area (Å²) in [7, 11) is 0. The highest BCUT2D eigenvalue weighted by Gasteiger charge is 2.14. The van der Waals surface area contributed by atoms with Crippen molar-refractivity contribution in [3.05, 3.63) is 34.1 Å². The highest BCUT2D eigenvalue weighted by Crippen LogP contribution is 2.26. The number of nitrogens with zero attached hydrogens (tertiary/aromatic N) is 2. The molecule has 0 saturated heterocycles. The third-order valence-electron chi connectivity index (χ3n) is 2.01. The largest absolute Gasteiger partial charge is 0.408 e. The molecule has 0 saturated carbocycles. The first-order valence-corrected chi connectivity index (χ1v) is 6.23. The summed E-state index contributed by atoms with van der Waals surface area (Å²) < 4.78 is 32.4. The fourth-order valence-electron chi connectivity index (χ4n) is 1.25. The maximum absolute atomic E-state index is 13.5. The van der Waals surface area contributed by atoms with Gasteiger partial charge >= 0.3 is 6.01 Å². The number of nitrogens with one attached hydrogen (secondary N) is 1. The van der Waals surface area contributed by atoms with Crippen LogP contribution in [-0.4, -0.2) is 16.1 Å². The molecule has 0 fully saturated rings. The summed E-state index contributed by atoms with van der Waals surface area (Å²) in [5.41, 5.74) is -0.348. The zero-order valence-corrected chi connectivity index (χ0v) is 11.2. The molecule has 1 N–H and O–H groups in total. The first kappa shape index (κ1) is 13.2. The average molecular weight is 339 g/mol. The van der Waals surface area contributed by atoms with Gasteiger partial charge in [0.05, 0.1) is 0 Å². The molecule has 0 bridgehead atoms. The van der Waals surface area contributed by atoms with Crippen LogP contribution in [0.15, 0.2) is 21.0 Å². The molecule has 8 heteroatoms. The van der Waals surface area contributed by atoms with Gasteiger partial charge in [0.2, 0.25) is 5.89 Å². The van der Waals surface area contributed by atoms with Crippen LogP contribution in [0.3, 0.4) is 0 Å². The van der Waals surface area contributed by atoms with Crippen molar-refractivity contribution in [2.45, 2.75) is 6.42 Å². The molecule has 0 spiro atoms. The zero-order valence-electron chi connectivity index (χ0n) is 8.88. The maximum atomic E-state index is 13.5. The van der Waals surface area contributed by atoms with E-state index in [-0.39, 0.29) is 11.7 Å². The Morgan fingerprint density at radius 1 is 1.28 bits per heavy atom. The van der Waals surface area contributed by atoms with Gasteiger partial charge < -0.3 is 9.73 Å². The minimum Gasteiger partial charge on any atom is -0.408 e. The molecule has 18 heavy (non-hydrogen) atoms. The number of hydrogen-bond donors (Lipinski definition) is 1. The van der Waals surface area contributed by atoms with E-state index in [0.717, 1.165) is 12.1 Å². The normalized spacial score (nSPS) is 10.7. The van der Waals surface area contributed by atoms with Crippen molar-refractivity contribution in [1.82, 2.24) is 10.2 Å². The van der Waals surface area contributed by atoms with Gasteiger partial charge in [-0.3, -0.25) is 0 Å². The number of benzene rings is 1. The summed E-state index contributed by atoms with van der Waals surface area (Å²) in [5.74, 6) is -0.911. The Balaban J connectivity index is 2.22. The van der Waals surface area contributed by atoms with Gasteiger partial charge in [0.1, 0.15) is 5.69 Å². The first-order chi connectivity index (χ1) is 8.60. The summed E-state index contributed by atoms with van der Waals surface area (Å²) in [4.78, 5) is 0. The van der Waals surface area contributed by atoms with Crippen molar-refractivity contribution in [2.75, 3.05) is 11.2 Å². The van der Waals surface area contributed by atoms with E-state index in [0.29, 0.717) is 22.7 Å². The highest BCUT2D eigenvalue weighted by atomic mass is 79.9. The van der Waals surface area contributed by atoms with Gasteiger partial charge in [-0.1, -0.05) is 21.0 Å². The molecule has 0 unspecified atom stereocenters. The molecule has 1 heterocycles. The number of anilines is 2.